The third-order valence-corrected chi connectivity index (χ3v) is 7.25. The Kier molecular flexibility index (Phi) is 9.45. The fourth-order valence-electron chi connectivity index (χ4n) is 4.90. The molecule has 3 aromatic carbocycles. The summed E-state index contributed by atoms with van der Waals surface area (Å²) in [7, 11) is 0. The molecule has 5 nitrogen and oxygen atoms in total. The molecule has 0 N–H and O–H groups in total. The maximum absolute atomic E-state index is 13.8. The van der Waals surface area contributed by atoms with Crippen molar-refractivity contribution in [1.29, 1.82) is 0 Å². The van der Waals surface area contributed by atoms with E-state index in [1.165, 1.54) is 11.6 Å². The van der Waals surface area contributed by atoms with Crippen LogP contribution >= 0.6 is 11.6 Å². The van der Waals surface area contributed by atoms with Crippen molar-refractivity contribution in [2.75, 3.05) is 32.7 Å². The van der Waals surface area contributed by atoms with E-state index < -0.39 is 0 Å². The lowest BCUT2D eigenvalue weighted by atomic mass is 10.1. The third-order valence-electron chi connectivity index (χ3n) is 7.00. The summed E-state index contributed by atoms with van der Waals surface area (Å²) in [6.07, 6.45) is 4.30. The van der Waals surface area contributed by atoms with Crippen LogP contribution in [0.4, 0.5) is 4.39 Å². The van der Waals surface area contributed by atoms with Gasteiger partial charge in [0, 0.05) is 50.8 Å². The molecular weight excluding hydrogens is 525 g/mol. The zero-order chi connectivity index (χ0) is 27.7. The molecule has 5 rings (SSSR count). The first-order chi connectivity index (χ1) is 19.5. The van der Waals surface area contributed by atoms with Gasteiger partial charge < -0.3 is 9.32 Å². The van der Waals surface area contributed by atoms with Crippen LogP contribution in [0.2, 0.25) is 5.02 Å². The lowest BCUT2D eigenvalue weighted by molar-refractivity contribution is 0.0615. The third kappa shape index (κ3) is 7.92. The van der Waals surface area contributed by atoms with Crippen LogP contribution in [0.15, 0.2) is 101 Å². The highest BCUT2D eigenvalue weighted by molar-refractivity contribution is 6.30. The Morgan fingerprint density at radius 2 is 1.60 bits per heavy atom. The number of rotatable bonds is 10. The van der Waals surface area contributed by atoms with Crippen LogP contribution in [0.5, 0.6) is 0 Å². The second-order valence-corrected chi connectivity index (χ2v) is 10.5. The van der Waals surface area contributed by atoms with Crippen molar-refractivity contribution in [1.82, 2.24) is 14.7 Å². The SMILES string of the molecule is O=C(c1ccc(CN(Cc2ccc(Cl)cc2)Cc2cccc(F)c2)o1)N1CCN(C/C=C/c2ccccc2)CC1. The predicted octanol–water partition coefficient (Wildman–Crippen LogP) is 6.75. The smallest absolute Gasteiger partial charge is 0.289 e. The van der Waals surface area contributed by atoms with Gasteiger partial charge in [0.2, 0.25) is 0 Å². The number of carbonyl (C=O) groups excluding carboxylic acids is 1. The highest BCUT2D eigenvalue weighted by atomic mass is 35.5. The summed E-state index contributed by atoms with van der Waals surface area (Å²) in [5.41, 5.74) is 3.14. The Labute approximate surface area is 240 Å². The Morgan fingerprint density at radius 3 is 2.35 bits per heavy atom. The molecule has 4 aromatic rings. The highest BCUT2D eigenvalue weighted by Crippen LogP contribution is 2.19. The first-order valence-corrected chi connectivity index (χ1v) is 13.9. The Balaban J connectivity index is 1.17. The Bertz CT molecular complexity index is 1410. The average Bonchev–Trinajstić information content (AvgIpc) is 3.43. The lowest BCUT2D eigenvalue weighted by Crippen LogP contribution is -2.48. The van der Waals surface area contributed by atoms with Crippen molar-refractivity contribution in [3.05, 3.63) is 136 Å². The first kappa shape index (κ1) is 27.8. The molecule has 1 aromatic heterocycles. The van der Waals surface area contributed by atoms with Crippen LogP contribution in [0.25, 0.3) is 6.08 Å². The number of hydrogen-bond donors (Lipinski definition) is 0. The van der Waals surface area contributed by atoms with Gasteiger partial charge in [-0.3, -0.25) is 14.6 Å². The van der Waals surface area contributed by atoms with E-state index in [1.54, 1.807) is 18.2 Å². The zero-order valence-corrected chi connectivity index (χ0v) is 23.1. The molecule has 7 heteroatoms. The summed E-state index contributed by atoms with van der Waals surface area (Å²) in [5, 5.41) is 0.680. The van der Waals surface area contributed by atoms with Gasteiger partial charge in [0.05, 0.1) is 6.54 Å². The molecule has 1 fully saturated rings. The molecule has 40 heavy (non-hydrogen) atoms. The molecule has 0 aliphatic carbocycles. The second-order valence-electron chi connectivity index (χ2n) is 10.1. The van der Waals surface area contributed by atoms with Gasteiger partial charge in [-0.1, -0.05) is 78.4 Å². The molecule has 2 heterocycles. The van der Waals surface area contributed by atoms with Crippen LogP contribution in [0, 0.1) is 5.82 Å². The summed E-state index contributed by atoms with van der Waals surface area (Å²) in [4.78, 5) is 19.6. The fraction of sp³-hybridized carbons (Fsp3) is 0.242. The number of amides is 1. The molecule has 0 saturated carbocycles. The summed E-state index contributed by atoms with van der Waals surface area (Å²) >= 11 is 6.06. The van der Waals surface area contributed by atoms with Gasteiger partial charge >= 0.3 is 0 Å². The summed E-state index contributed by atoms with van der Waals surface area (Å²) in [6, 6.07) is 28.2. The largest absolute Gasteiger partial charge is 0.455 e. The van der Waals surface area contributed by atoms with Gasteiger partial charge in [-0.25, -0.2) is 4.39 Å². The molecule has 1 amide bonds. The van der Waals surface area contributed by atoms with Crippen LogP contribution < -0.4 is 0 Å². The quantitative estimate of drug-likeness (QED) is 0.216. The number of nitrogens with zero attached hydrogens (tertiary/aromatic N) is 3. The average molecular weight is 558 g/mol. The number of carbonyl (C=O) groups is 1. The lowest BCUT2D eigenvalue weighted by Gasteiger charge is -2.33. The van der Waals surface area contributed by atoms with Gasteiger partial charge in [0.1, 0.15) is 11.6 Å². The minimum Gasteiger partial charge on any atom is -0.455 e. The zero-order valence-electron chi connectivity index (χ0n) is 22.4. The van der Waals surface area contributed by atoms with Gasteiger partial charge in [0.25, 0.3) is 5.91 Å². The molecular formula is C33H33ClFN3O2. The molecule has 0 bridgehead atoms. The van der Waals surface area contributed by atoms with E-state index in [-0.39, 0.29) is 11.7 Å². The first-order valence-electron chi connectivity index (χ1n) is 13.5. The van der Waals surface area contributed by atoms with E-state index in [0.717, 1.165) is 30.8 Å². The fourth-order valence-corrected chi connectivity index (χ4v) is 5.02. The summed E-state index contributed by atoms with van der Waals surface area (Å²) < 4.78 is 19.9. The molecule has 0 atom stereocenters. The Morgan fingerprint density at radius 1 is 0.850 bits per heavy atom. The molecule has 206 valence electrons. The number of piperazine rings is 1. The Hall–Kier alpha value is -3.71. The minimum atomic E-state index is -0.262. The van der Waals surface area contributed by atoms with E-state index in [2.05, 4.69) is 34.1 Å². The van der Waals surface area contributed by atoms with E-state index in [9.17, 15) is 9.18 Å². The van der Waals surface area contributed by atoms with Gasteiger partial charge in [-0.15, -0.1) is 0 Å². The van der Waals surface area contributed by atoms with Crippen molar-refractivity contribution in [2.45, 2.75) is 19.6 Å². The number of hydrogen-bond acceptors (Lipinski definition) is 4. The maximum Gasteiger partial charge on any atom is 0.289 e. The molecule has 0 spiro atoms. The molecule has 0 unspecified atom stereocenters. The van der Waals surface area contributed by atoms with Crippen LogP contribution in [-0.2, 0) is 19.6 Å². The van der Waals surface area contributed by atoms with Crippen LogP contribution in [0.3, 0.4) is 0 Å². The van der Waals surface area contributed by atoms with E-state index in [0.29, 0.717) is 49.3 Å². The van der Waals surface area contributed by atoms with Gasteiger partial charge in [-0.05, 0) is 53.1 Å². The van der Waals surface area contributed by atoms with Crippen LogP contribution in [-0.4, -0.2) is 53.3 Å². The van der Waals surface area contributed by atoms with Crippen molar-refractivity contribution < 1.29 is 13.6 Å². The minimum absolute atomic E-state index is 0.0832. The molecule has 1 aliphatic rings. The van der Waals surface area contributed by atoms with Crippen molar-refractivity contribution >= 4 is 23.6 Å². The molecule has 0 radical (unpaired) electrons. The maximum atomic E-state index is 13.8. The summed E-state index contributed by atoms with van der Waals surface area (Å²) in [5.74, 6) is 0.699. The standard InChI is InChI=1S/C33H33ClFN3O2/c34-29-13-11-27(12-14-29)23-37(24-28-8-4-10-30(35)22-28)25-31-15-16-32(40-31)33(39)38-20-18-36(19-21-38)17-5-9-26-6-2-1-3-7-26/h1-16,22H,17-21,23-25H2/b9-5+. The monoisotopic (exact) mass is 557 g/mol. The van der Waals surface area contributed by atoms with E-state index in [4.69, 9.17) is 16.0 Å². The van der Waals surface area contributed by atoms with E-state index >= 15 is 0 Å². The number of furan rings is 1. The normalized spacial score (nSPS) is 14.3. The van der Waals surface area contributed by atoms with Crippen LogP contribution in [0.1, 0.15) is 33.0 Å². The highest BCUT2D eigenvalue weighted by Gasteiger charge is 2.24. The van der Waals surface area contributed by atoms with Crippen molar-refractivity contribution in [3.63, 3.8) is 0 Å². The predicted molar refractivity (Wildman–Crippen MR) is 157 cm³/mol. The summed E-state index contributed by atoms with van der Waals surface area (Å²) in [6.45, 7) is 5.46. The molecule has 1 saturated heterocycles. The number of benzene rings is 3. The topological polar surface area (TPSA) is 39.9 Å². The van der Waals surface area contributed by atoms with Gasteiger partial charge in [-0.2, -0.15) is 0 Å². The molecule has 1 aliphatic heterocycles. The van der Waals surface area contributed by atoms with Crippen molar-refractivity contribution in [2.24, 2.45) is 0 Å². The second kappa shape index (κ2) is 13.6. The van der Waals surface area contributed by atoms with Gasteiger partial charge in [0.15, 0.2) is 5.76 Å². The van der Waals surface area contributed by atoms with E-state index in [1.807, 2.05) is 59.5 Å². The van der Waals surface area contributed by atoms with Crippen molar-refractivity contribution in [3.8, 4) is 0 Å². The number of halogens is 2.